The molecule has 20 heavy (non-hydrogen) atoms. The third-order valence-electron chi connectivity index (χ3n) is 2.76. The van der Waals surface area contributed by atoms with Gasteiger partial charge in [-0.1, -0.05) is 35.4 Å². The van der Waals surface area contributed by atoms with Gasteiger partial charge >= 0.3 is 0 Å². The lowest BCUT2D eigenvalue weighted by Crippen LogP contribution is -2.11. The lowest BCUT2D eigenvalue weighted by atomic mass is 10.1. The number of rotatable bonds is 3. The molecular weight excluding hydrogens is 318 g/mol. The normalized spacial score (nSPS) is 10.4. The highest BCUT2D eigenvalue weighted by atomic mass is 35.5. The molecule has 3 N–H and O–H groups in total. The fourth-order valence-electron chi connectivity index (χ4n) is 1.69. The predicted molar refractivity (Wildman–Crippen MR) is 86.8 cm³/mol. The zero-order chi connectivity index (χ0) is 14.9. The standard InChI is InChI=1S/C14H11Cl2FN2S/c1-7-4-11(16)13(6-10(7)15)19-8-2-3-9(14(18)20)12(17)5-8/h2-6,19H,1H3,(H2,18,20). The first-order valence-corrected chi connectivity index (χ1v) is 6.87. The van der Waals surface area contributed by atoms with Crippen molar-refractivity contribution in [3.63, 3.8) is 0 Å². The summed E-state index contributed by atoms with van der Waals surface area (Å²) in [4.78, 5) is 0.0189. The first-order valence-electron chi connectivity index (χ1n) is 5.70. The monoisotopic (exact) mass is 328 g/mol. The van der Waals surface area contributed by atoms with Crippen LogP contribution in [0.5, 0.6) is 0 Å². The van der Waals surface area contributed by atoms with Crippen LogP contribution in [0, 0.1) is 12.7 Å². The Hall–Kier alpha value is -1.36. The molecule has 2 rings (SSSR count). The highest BCUT2D eigenvalue weighted by Crippen LogP contribution is 2.31. The van der Waals surface area contributed by atoms with Crippen LogP contribution in [0.3, 0.4) is 0 Å². The van der Waals surface area contributed by atoms with E-state index in [1.165, 1.54) is 12.1 Å². The molecule has 0 bridgehead atoms. The quantitative estimate of drug-likeness (QED) is 0.793. The van der Waals surface area contributed by atoms with E-state index in [0.29, 0.717) is 21.4 Å². The molecule has 0 aliphatic rings. The van der Waals surface area contributed by atoms with Crippen LogP contribution in [-0.2, 0) is 0 Å². The van der Waals surface area contributed by atoms with Crippen LogP contribution in [-0.4, -0.2) is 4.99 Å². The second-order valence-electron chi connectivity index (χ2n) is 4.27. The Morgan fingerprint density at radius 2 is 1.90 bits per heavy atom. The smallest absolute Gasteiger partial charge is 0.135 e. The second kappa shape index (κ2) is 5.95. The van der Waals surface area contributed by atoms with Crippen molar-refractivity contribution in [1.29, 1.82) is 0 Å². The van der Waals surface area contributed by atoms with Crippen LogP contribution in [0.1, 0.15) is 11.1 Å². The van der Waals surface area contributed by atoms with Crippen LogP contribution in [0.4, 0.5) is 15.8 Å². The molecule has 0 spiro atoms. The van der Waals surface area contributed by atoms with Gasteiger partial charge in [0.2, 0.25) is 0 Å². The zero-order valence-electron chi connectivity index (χ0n) is 10.5. The largest absolute Gasteiger partial charge is 0.389 e. The van der Waals surface area contributed by atoms with Crippen molar-refractivity contribution in [2.24, 2.45) is 5.73 Å². The summed E-state index contributed by atoms with van der Waals surface area (Å²) in [5.41, 5.74) is 7.62. The number of nitrogens with one attached hydrogen (secondary N) is 1. The van der Waals surface area contributed by atoms with Gasteiger partial charge in [0.15, 0.2) is 0 Å². The summed E-state index contributed by atoms with van der Waals surface area (Å²) >= 11 is 16.9. The molecule has 0 fully saturated rings. The SMILES string of the molecule is Cc1cc(Cl)c(Nc2ccc(C(N)=S)c(F)c2)cc1Cl. The molecule has 0 aliphatic heterocycles. The summed E-state index contributed by atoms with van der Waals surface area (Å²) in [6.45, 7) is 1.86. The number of hydrogen-bond donors (Lipinski definition) is 2. The molecule has 0 atom stereocenters. The van der Waals surface area contributed by atoms with Gasteiger partial charge in [-0.3, -0.25) is 0 Å². The fraction of sp³-hybridized carbons (Fsp3) is 0.0714. The highest BCUT2D eigenvalue weighted by molar-refractivity contribution is 7.80. The topological polar surface area (TPSA) is 38.0 Å². The van der Waals surface area contributed by atoms with E-state index in [1.807, 2.05) is 6.92 Å². The molecule has 2 aromatic rings. The van der Waals surface area contributed by atoms with Crippen LogP contribution < -0.4 is 11.1 Å². The number of anilines is 2. The van der Waals surface area contributed by atoms with Crippen LogP contribution in [0.2, 0.25) is 10.0 Å². The van der Waals surface area contributed by atoms with E-state index in [1.54, 1.807) is 18.2 Å². The van der Waals surface area contributed by atoms with Crippen molar-refractivity contribution in [3.05, 3.63) is 57.3 Å². The minimum Gasteiger partial charge on any atom is -0.389 e. The molecule has 104 valence electrons. The van der Waals surface area contributed by atoms with E-state index in [4.69, 9.17) is 41.2 Å². The van der Waals surface area contributed by atoms with Gasteiger partial charge in [-0.25, -0.2) is 4.39 Å². The third-order valence-corrected chi connectivity index (χ3v) is 3.70. The molecule has 2 aromatic carbocycles. The molecular formula is C14H11Cl2FN2S. The minimum absolute atomic E-state index is 0.0189. The van der Waals surface area contributed by atoms with Gasteiger partial charge in [-0.05, 0) is 42.8 Å². The Bertz CT molecular complexity index is 689. The maximum Gasteiger partial charge on any atom is 0.135 e. The second-order valence-corrected chi connectivity index (χ2v) is 5.52. The summed E-state index contributed by atoms with van der Waals surface area (Å²) in [5, 5.41) is 4.09. The fourth-order valence-corrected chi connectivity index (χ4v) is 2.28. The van der Waals surface area contributed by atoms with Gasteiger partial charge in [-0.2, -0.15) is 0 Å². The Kier molecular flexibility index (Phi) is 4.48. The first-order chi connectivity index (χ1) is 9.38. The molecule has 0 radical (unpaired) electrons. The van der Waals surface area contributed by atoms with Crippen molar-refractivity contribution in [2.45, 2.75) is 6.92 Å². The van der Waals surface area contributed by atoms with Crippen molar-refractivity contribution >= 4 is 51.8 Å². The summed E-state index contributed by atoms with van der Waals surface area (Å²) in [6, 6.07) is 7.93. The Morgan fingerprint density at radius 3 is 2.50 bits per heavy atom. The molecule has 0 unspecified atom stereocenters. The lowest BCUT2D eigenvalue weighted by molar-refractivity contribution is 0.626. The number of benzene rings is 2. The molecule has 6 heteroatoms. The van der Waals surface area contributed by atoms with E-state index in [2.05, 4.69) is 5.32 Å². The average Bonchev–Trinajstić information content (AvgIpc) is 2.35. The van der Waals surface area contributed by atoms with Gasteiger partial charge in [0.05, 0.1) is 10.7 Å². The van der Waals surface area contributed by atoms with Gasteiger partial charge in [0, 0.05) is 16.3 Å². The number of hydrogen-bond acceptors (Lipinski definition) is 2. The van der Waals surface area contributed by atoms with Gasteiger partial charge in [0.25, 0.3) is 0 Å². The van der Waals surface area contributed by atoms with Crippen molar-refractivity contribution in [3.8, 4) is 0 Å². The molecule has 0 amide bonds. The zero-order valence-corrected chi connectivity index (χ0v) is 12.8. The molecule has 0 heterocycles. The molecule has 0 aliphatic carbocycles. The number of aryl methyl sites for hydroxylation is 1. The Morgan fingerprint density at radius 1 is 1.20 bits per heavy atom. The first kappa shape index (κ1) is 15.0. The van der Waals surface area contributed by atoms with Crippen LogP contribution >= 0.6 is 35.4 Å². The number of halogens is 3. The van der Waals surface area contributed by atoms with Gasteiger partial charge in [0.1, 0.15) is 10.8 Å². The molecule has 0 saturated carbocycles. The molecule has 0 aromatic heterocycles. The average molecular weight is 329 g/mol. The number of thiocarbonyl (C=S) groups is 1. The highest BCUT2D eigenvalue weighted by Gasteiger charge is 2.08. The minimum atomic E-state index is -0.489. The molecule has 0 saturated heterocycles. The van der Waals surface area contributed by atoms with Crippen molar-refractivity contribution in [1.82, 2.24) is 0 Å². The van der Waals surface area contributed by atoms with E-state index in [0.717, 1.165) is 5.56 Å². The van der Waals surface area contributed by atoms with Crippen molar-refractivity contribution in [2.75, 3.05) is 5.32 Å². The summed E-state index contributed by atoms with van der Waals surface area (Å²) in [5.74, 6) is -0.489. The van der Waals surface area contributed by atoms with Crippen molar-refractivity contribution < 1.29 is 4.39 Å². The van der Waals surface area contributed by atoms with E-state index >= 15 is 0 Å². The Labute approximate surface area is 131 Å². The Balaban J connectivity index is 2.33. The lowest BCUT2D eigenvalue weighted by Gasteiger charge is -2.11. The molecule has 2 nitrogen and oxygen atoms in total. The third kappa shape index (κ3) is 3.20. The van der Waals surface area contributed by atoms with Gasteiger partial charge < -0.3 is 11.1 Å². The van der Waals surface area contributed by atoms with Gasteiger partial charge in [-0.15, -0.1) is 0 Å². The maximum absolute atomic E-state index is 13.8. The van der Waals surface area contributed by atoms with E-state index < -0.39 is 5.82 Å². The van der Waals surface area contributed by atoms with Crippen LogP contribution in [0.25, 0.3) is 0 Å². The summed E-state index contributed by atoms with van der Waals surface area (Å²) < 4.78 is 13.8. The number of nitrogens with two attached hydrogens (primary N) is 1. The summed E-state index contributed by atoms with van der Waals surface area (Å²) in [6.07, 6.45) is 0. The van der Waals surface area contributed by atoms with Crippen LogP contribution in [0.15, 0.2) is 30.3 Å². The maximum atomic E-state index is 13.8. The summed E-state index contributed by atoms with van der Waals surface area (Å²) in [7, 11) is 0. The van der Waals surface area contributed by atoms with E-state index in [9.17, 15) is 4.39 Å². The predicted octanol–water partition coefficient (Wildman–Crippen LogP) is 4.82. The van der Waals surface area contributed by atoms with E-state index in [-0.39, 0.29) is 10.6 Å².